The van der Waals surface area contributed by atoms with Crippen LogP contribution >= 0.6 is 0 Å². The van der Waals surface area contributed by atoms with E-state index in [0.717, 1.165) is 5.52 Å². The molecule has 1 unspecified atom stereocenters. The summed E-state index contributed by atoms with van der Waals surface area (Å²) in [6.07, 6.45) is 0.0461. The zero-order valence-corrected chi connectivity index (χ0v) is 9.98. The minimum atomic E-state index is -0.306. The molecule has 0 aliphatic heterocycles. The lowest BCUT2D eigenvalue weighted by molar-refractivity contribution is 0.0652. The summed E-state index contributed by atoms with van der Waals surface area (Å²) in [7, 11) is 0. The summed E-state index contributed by atoms with van der Waals surface area (Å²) in [5.41, 5.74) is 7.23. The highest BCUT2D eigenvalue weighted by molar-refractivity contribution is 5.78. The average Bonchev–Trinajstić information content (AvgIpc) is 2.55. The lowest BCUT2D eigenvalue weighted by atomic mass is 10.3. The molecular formula is C12H16FN3O. The van der Waals surface area contributed by atoms with Crippen molar-refractivity contribution >= 4 is 17.0 Å². The van der Waals surface area contributed by atoms with Crippen molar-refractivity contribution in [1.82, 2.24) is 9.55 Å². The van der Waals surface area contributed by atoms with E-state index >= 15 is 0 Å². The molecule has 0 bridgehead atoms. The first kappa shape index (κ1) is 11.9. The zero-order chi connectivity index (χ0) is 12.4. The third-order valence-electron chi connectivity index (χ3n) is 2.63. The van der Waals surface area contributed by atoms with E-state index in [2.05, 4.69) is 4.98 Å². The second-order valence-corrected chi connectivity index (χ2v) is 3.98. The molecule has 5 heteroatoms. The first-order valence-corrected chi connectivity index (χ1v) is 5.64. The average molecular weight is 237 g/mol. The molecule has 2 aromatic rings. The van der Waals surface area contributed by atoms with Crippen molar-refractivity contribution in [2.45, 2.75) is 26.5 Å². The molecule has 4 nitrogen and oxygen atoms in total. The van der Waals surface area contributed by atoms with Crippen molar-refractivity contribution in [2.24, 2.45) is 0 Å². The second-order valence-electron chi connectivity index (χ2n) is 3.98. The van der Waals surface area contributed by atoms with Crippen molar-refractivity contribution in [2.75, 3.05) is 12.3 Å². The normalized spacial score (nSPS) is 13.1. The van der Waals surface area contributed by atoms with Gasteiger partial charge in [0, 0.05) is 12.7 Å². The number of hydrogen-bond donors (Lipinski definition) is 1. The van der Waals surface area contributed by atoms with Gasteiger partial charge in [0.1, 0.15) is 5.82 Å². The molecule has 0 saturated heterocycles. The molecule has 0 amide bonds. The summed E-state index contributed by atoms with van der Waals surface area (Å²) in [4.78, 5) is 4.13. The summed E-state index contributed by atoms with van der Waals surface area (Å²) in [5.74, 6) is 0.0807. The summed E-state index contributed by atoms with van der Waals surface area (Å²) >= 11 is 0. The SMILES string of the molecule is CCOC(C)Cn1c(N)nc2cc(F)ccc21. The van der Waals surface area contributed by atoms with Crippen molar-refractivity contribution in [3.63, 3.8) is 0 Å². The van der Waals surface area contributed by atoms with Crippen LogP contribution in [0.2, 0.25) is 0 Å². The number of hydrogen-bond acceptors (Lipinski definition) is 3. The summed E-state index contributed by atoms with van der Waals surface area (Å²) in [6, 6.07) is 4.48. The fourth-order valence-electron chi connectivity index (χ4n) is 1.91. The van der Waals surface area contributed by atoms with Gasteiger partial charge in [0.2, 0.25) is 5.95 Å². The van der Waals surface area contributed by atoms with Crippen molar-refractivity contribution in [1.29, 1.82) is 0 Å². The van der Waals surface area contributed by atoms with Crippen LogP contribution < -0.4 is 5.73 Å². The van der Waals surface area contributed by atoms with Crippen LogP contribution in [0.25, 0.3) is 11.0 Å². The number of fused-ring (bicyclic) bond motifs is 1. The molecule has 92 valence electrons. The molecule has 0 aliphatic carbocycles. The van der Waals surface area contributed by atoms with Crippen LogP contribution in [0, 0.1) is 5.82 Å². The summed E-state index contributed by atoms with van der Waals surface area (Å²) in [6.45, 7) is 5.18. The van der Waals surface area contributed by atoms with Crippen LogP contribution in [0.15, 0.2) is 18.2 Å². The van der Waals surface area contributed by atoms with Crippen LogP contribution in [-0.4, -0.2) is 22.3 Å². The van der Waals surface area contributed by atoms with Gasteiger partial charge in [-0.05, 0) is 26.0 Å². The van der Waals surface area contributed by atoms with E-state index in [1.807, 2.05) is 18.4 Å². The molecule has 0 radical (unpaired) electrons. The van der Waals surface area contributed by atoms with Crippen molar-refractivity contribution in [3.05, 3.63) is 24.0 Å². The highest BCUT2D eigenvalue weighted by Crippen LogP contribution is 2.19. The fraction of sp³-hybridized carbons (Fsp3) is 0.417. The third kappa shape index (κ3) is 2.39. The molecule has 1 aromatic heterocycles. The zero-order valence-electron chi connectivity index (χ0n) is 9.98. The number of aromatic nitrogens is 2. The van der Waals surface area contributed by atoms with Gasteiger partial charge in [-0.2, -0.15) is 0 Å². The molecule has 0 aliphatic rings. The number of imidazole rings is 1. The van der Waals surface area contributed by atoms with Gasteiger partial charge in [-0.1, -0.05) is 0 Å². The molecule has 0 fully saturated rings. The van der Waals surface area contributed by atoms with Crippen molar-refractivity contribution < 1.29 is 9.13 Å². The van der Waals surface area contributed by atoms with E-state index in [9.17, 15) is 4.39 Å². The second kappa shape index (κ2) is 4.71. The minimum Gasteiger partial charge on any atom is -0.377 e. The van der Waals surface area contributed by atoms with Crippen molar-refractivity contribution in [3.8, 4) is 0 Å². The van der Waals surface area contributed by atoms with E-state index in [4.69, 9.17) is 10.5 Å². The number of nitrogen functional groups attached to an aromatic ring is 1. The van der Waals surface area contributed by atoms with Crippen LogP contribution in [0.1, 0.15) is 13.8 Å². The summed E-state index contributed by atoms with van der Waals surface area (Å²) < 4.78 is 20.4. The van der Waals surface area contributed by atoms with Gasteiger partial charge in [-0.25, -0.2) is 9.37 Å². The Morgan fingerprint density at radius 1 is 1.53 bits per heavy atom. The van der Waals surface area contributed by atoms with Crippen LogP contribution in [-0.2, 0) is 11.3 Å². The standard InChI is InChI=1S/C12H16FN3O/c1-3-17-8(2)7-16-11-5-4-9(13)6-10(11)15-12(16)14/h4-6,8H,3,7H2,1-2H3,(H2,14,15). The Morgan fingerprint density at radius 3 is 3.00 bits per heavy atom. The Morgan fingerprint density at radius 2 is 2.29 bits per heavy atom. The molecule has 2 N–H and O–H groups in total. The highest BCUT2D eigenvalue weighted by Gasteiger charge is 2.11. The van der Waals surface area contributed by atoms with Gasteiger partial charge in [0.25, 0.3) is 0 Å². The molecule has 0 saturated carbocycles. The van der Waals surface area contributed by atoms with Gasteiger partial charge in [-0.15, -0.1) is 0 Å². The molecule has 1 aromatic carbocycles. The lowest BCUT2D eigenvalue weighted by Crippen LogP contribution is -2.17. The first-order chi connectivity index (χ1) is 8.11. The molecule has 1 atom stereocenters. The molecule has 1 heterocycles. The Balaban J connectivity index is 2.36. The number of benzene rings is 1. The van der Waals surface area contributed by atoms with Gasteiger partial charge in [0.15, 0.2) is 0 Å². The number of ether oxygens (including phenoxy) is 1. The summed E-state index contributed by atoms with van der Waals surface area (Å²) in [5, 5.41) is 0. The lowest BCUT2D eigenvalue weighted by Gasteiger charge is -2.13. The maximum absolute atomic E-state index is 13.0. The number of anilines is 1. The highest BCUT2D eigenvalue weighted by atomic mass is 19.1. The molecular weight excluding hydrogens is 221 g/mol. The Hall–Kier alpha value is -1.62. The Bertz CT molecular complexity index is 524. The van der Waals surface area contributed by atoms with Gasteiger partial charge < -0.3 is 15.0 Å². The number of rotatable bonds is 4. The third-order valence-corrected chi connectivity index (χ3v) is 2.63. The van der Waals surface area contributed by atoms with Gasteiger partial charge in [-0.3, -0.25) is 0 Å². The first-order valence-electron chi connectivity index (χ1n) is 5.64. The maximum atomic E-state index is 13.0. The number of halogens is 1. The quantitative estimate of drug-likeness (QED) is 0.886. The topological polar surface area (TPSA) is 53.1 Å². The van der Waals surface area contributed by atoms with Crippen LogP contribution in [0.4, 0.5) is 10.3 Å². The van der Waals surface area contributed by atoms with E-state index in [0.29, 0.717) is 24.6 Å². The smallest absolute Gasteiger partial charge is 0.201 e. The monoisotopic (exact) mass is 237 g/mol. The molecule has 17 heavy (non-hydrogen) atoms. The maximum Gasteiger partial charge on any atom is 0.201 e. The largest absolute Gasteiger partial charge is 0.377 e. The molecule has 2 rings (SSSR count). The fourth-order valence-corrected chi connectivity index (χ4v) is 1.91. The van der Waals surface area contributed by atoms with E-state index in [-0.39, 0.29) is 11.9 Å². The Labute approximate surface area is 99.2 Å². The number of nitrogens with two attached hydrogens (primary N) is 1. The van der Waals surface area contributed by atoms with E-state index in [1.165, 1.54) is 12.1 Å². The molecule has 0 spiro atoms. The minimum absolute atomic E-state index is 0.0461. The number of nitrogens with zero attached hydrogens (tertiary/aromatic N) is 2. The van der Waals surface area contributed by atoms with E-state index in [1.54, 1.807) is 6.07 Å². The van der Waals surface area contributed by atoms with Gasteiger partial charge >= 0.3 is 0 Å². The predicted octanol–water partition coefficient (Wildman–Crippen LogP) is 2.18. The van der Waals surface area contributed by atoms with Gasteiger partial charge in [0.05, 0.1) is 23.7 Å². The van der Waals surface area contributed by atoms with Crippen LogP contribution in [0.5, 0.6) is 0 Å². The van der Waals surface area contributed by atoms with E-state index < -0.39 is 0 Å². The predicted molar refractivity (Wildman–Crippen MR) is 65.2 cm³/mol. The Kier molecular flexibility index (Phi) is 3.28. The van der Waals surface area contributed by atoms with Crippen LogP contribution in [0.3, 0.4) is 0 Å².